The molecule has 0 aliphatic carbocycles. The van der Waals surface area contributed by atoms with Gasteiger partial charge in [-0.2, -0.15) is 0 Å². The summed E-state index contributed by atoms with van der Waals surface area (Å²) < 4.78 is 5.45. The van der Waals surface area contributed by atoms with Gasteiger partial charge in [-0.15, -0.1) is 0 Å². The van der Waals surface area contributed by atoms with E-state index >= 15 is 0 Å². The molecular weight excluding hydrogens is 240 g/mol. The van der Waals surface area contributed by atoms with Crippen molar-refractivity contribution in [2.75, 3.05) is 26.7 Å². The Hall–Kier alpha value is -1.29. The number of carbonyl (C=O) groups excluding carboxylic acids is 1. The molecule has 0 unspecified atom stereocenters. The summed E-state index contributed by atoms with van der Waals surface area (Å²) >= 11 is 0. The molecule has 4 nitrogen and oxygen atoms in total. The highest BCUT2D eigenvalue weighted by Gasteiger charge is 2.27. The molecule has 4 heteroatoms. The Labute approximate surface area is 115 Å². The second-order valence-corrected chi connectivity index (χ2v) is 5.41. The van der Waals surface area contributed by atoms with Crippen LogP contribution in [0.5, 0.6) is 0 Å². The van der Waals surface area contributed by atoms with E-state index in [2.05, 4.69) is 11.8 Å². The minimum atomic E-state index is 0.0873. The van der Waals surface area contributed by atoms with Crippen molar-refractivity contribution in [2.24, 2.45) is 0 Å². The van der Waals surface area contributed by atoms with Crippen LogP contribution < -0.4 is 0 Å². The Bertz CT molecular complexity index is 445. The first-order chi connectivity index (χ1) is 9.02. The molecule has 1 aliphatic heterocycles. The predicted octanol–water partition coefficient (Wildman–Crippen LogP) is 2.45. The molecule has 0 atom stereocenters. The number of piperidine rings is 1. The molecule has 0 saturated carbocycles. The summed E-state index contributed by atoms with van der Waals surface area (Å²) in [5, 5.41) is 0. The minimum Gasteiger partial charge on any atom is -0.466 e. The highest BCUT2D eigenvalue weighted by atomic mass is 16.3. The molecule has 0 spiro atoms. The number of likely N-dealkylation sites (tertiary alicyclic amines) is 1. The lowest BCUT2D eigenvalue weighted by atomic mass is 10.0. The van der Waals surface area contributed by atoms with Gasteiger partial charge in [0.25, 0.3) is 5.91 Å². The van der Waals surface area contributed by atoms with E-state index in [4.69, 9.17) is 4.42 Å². The topological polar surface area (TPSA) is 36.7 Å². The first kappa shape index (κ1) is 14.1. The van der Waals surface area contributed by atoms with Gasteiger partial charge in [0.2, 0.25) is 0 Å². The molecule has 0 N–H and O–H groups in total. The van der Waals surface area contributed by atoms with E-state index in [-0.39, 0.29) is 5.91 Å². The van der Waals surface area contributed by atoms with Gasteiger partial charge in [0, 0.05) is 26.2 Å². The highest BCUT2D eigenvalue weighted by molar-refractivity contribution is 5.95. The van der Waals surface area contributed by atoms with Gasteiger partial charge in [-0.05, 0) is 39.3 Å². The van der Waals surface area contributed by atoms with E-state index in [0.717, 1.165) is 44.0 Å². The maximum Gasteiger partial charge on any atom is 0.257 e. The van der Waals surface area contributed by atoms with Gasteiger partial charge in [0.15, 0.2) is 0 Å². The predicted molar refractivity (Wildman–Crippen MR) is 75.4 cm³/mol. The monoisotopic (exact) mass is 264 g/mol. The number of furan rings is 1. The number of hydrogen-bond acceptors (Lipinski definition) is 3. The summed E-state index contributed by atoms with van der Waals surface area (Å²) in [5.41, 5.74) is 0.706. The van der Waals surface area contributed by atoms with E-state index in [9.17, 15) is 4.79 Å². The molecule has 1 aliphatic rings. The number of hydrogen-bond donors (Lipinski definition) is 0. The van der Waals surface area contributed by atoms with Gasteiger partial charge in [-0.1, -0.05) is 6.92 Å². The quantitative estimate of drug-likeness (QED) is 0.841. The molecule has 1 fully saturated rings. The largest absolute Gasteiger partial charge is 0.466 e. The zero-order valence-corrected chi connectivity index (χ0v) is 12.4. The third kappa shape index (κ3) is 3.00. The molecule has 0 aromatic carbocycles. The van der Waals surface area contributed by atoms with Gasteiger partial charge in [-0.25, -0.2) is 0 Å². The minimum absolute atomic E-state index is 0.0873. The Morgan fingerprint density at radius 1 is 1.42 bits per heavy atom. The molecule has 19 heavy (non-hydrogen) atoms. The van der Waals surface area contributed by atoms with Gasteiger partial charge in [-0.3, -0.25) is 4.79 Å². The molecule has 106 valence electrons. The van der Waals surface area contributed by atoms with Crippen LogP contribution in [0.3, 0.4) is 0 Å². The Morgan fingerprint density at radius 2 is 2.05 bits per heavy atom. The zero-order valence-electron chi connectivity index (χ0n) is 12.4. The van der Waals surface area contributed by atoms with E-state index in [1.807, 2.05) is 31.9 Å². The molecule has 0 bridgehead atoms. The van der Waals surface area contributed by atoms with E-state index in [1.54, 1.807) is 0 Å². The standard InChI is InChI=1S/C15H24N2O2/c1-5-17-8-6-13(7-9-17)16(4)15(18)14-10-11(2)19-12(14)3/h10,13H,5-9H2,1-4H3. The fourth-order valence-electron chi connectivity index (χ4n) is 2.82. The third-order valence-electron chi connectivity index (χ3n) is 4.14. The van der Waals surface area contributed by atoms with Crippen molar-refractivity contribution in [1.29, 1.82) is 0 Å². The second-order valence-electron chi connectivity index (χ2n) is 5.41. The maximum absolute atomic E-state index is 12.5. The van der Waals surface area contributed by atoms with Crippen LogP contribution in [0.15, 0.2) is 10.5 Å². The van der Waals surface area contributed by atoms with E-state index < -0.39 is 0 Å². The normalized spacial score (nSPS) is 17.7. The Kier molecular flexibility index (Phi) is 4.30. The summed E-state index contributed by atoms with van der Waals surface area (Å²) in [5.74, 6) is 1.61. The number of rotatable bonds is 3. The number of amides is 1. The third-order valence-corrected chi connectivity index (χ3v) is 4.14. The zero-order chi connectivity index (χ0) is 14.0. The van der Waals surface area contributed by atoms with Crippen LogP contribution in [0.2, 0.25) is 0 Å². The summed E-state index contributed by atoms with van der Waals surface area (Å²) in [7, 11) is 1.91. The number of nitrogens with zero attached hydrogens (tertiary/aromatic N) is 2. The highest BCUT2D eigenvalue weighted by Crippen LogP contribution is 2.20. The lowest BCUT2D eigenvalue weighted by Crippen LogP contribution is -2.45. The average Bonchev–Trinajstić information content (AvgIpc) is 2.76. The molecule has 1 saturated heterocycles. The SMILES string of the molecule is CCN1CCC(N(C)C(=O)c2cc(C)oc2C)CC1. The summed E-state index contributed by atoms with van der Waals surface area (Å²) in [6.07, 6.45) is 2.12. The van der Waals surface area contributed by atoms with Crippen LogP contribution in [-0.2, 0) is 0 Å². The maximum atomic E-state index is 12.5. The average molecular weight is 264 g/mol. The molecular formula is C15H24N2O2. The van der Waals surface area contributed by atoms with Gasteiger partial charge < -0.3 is 14.2 Å². The lowest BCUT2D eigenvalue weighted by Gasteiger charge is -2.36. The first-order valence-electron chi connectivity index (χ1n) is 7.09. The van der Waals surface area contributed by atoms with Crippen molar-refractivity contribution in [3.8, 4) is 0 Å². The van der Waals surface area contributed by atoms with E-state index in [1.165, 1.54) is 0 Å². The van der Waals surface area contributed by atoms with E-state index in [0.29, 0.717) is 11.6 Å². The Balaban J connectivity index is 2.02. The smallest absolute Gasteiger partial charge is 0.257 e. The van der Waals surface area contributed by atoms with Crippen molar-refractivity contribution in [3.05, 3.63) is 23.2 Å². The molecule has 1 aromatic heterocycles. The van der Waals surface area contributed by atoms with Crippen LogP contribution >= 0.6 is 0 Å². The van der Waals surface area contributed by atoms with Crippen LogP contribution in [0.1, 0.15) is 41.6 Å². The van der Waals surface area contributed by atoms with Crippen molar-refractivity contribution in [1.82, 2.24) is 9.80 Å². The first-order valence-corrected chi connectivity index (χ1v) is 7.09. The summed E-state index contributed by atoms with van der Waals surface area (Å²) in [4.78, 5) is 16.8. The summed E-state index contributed by atoms with van der Waals surface area (Å²) in [6, 6.07) is 2.19. The van der Waals surface area contributed by atoms with Crippen molar-refractivity contribution < 1.29 is 9.21 Å². The van der Waals surface area contributed by atoms with Crippen molar-refractivity contribution >= 4 is 5.91 Å². The number of carbonyl (C=O) groups is 1. The van der Waals surface area contributed by atoms with Crippen LogP contribution in [-0.4, -0.2) is 48.4 Å². The molecule has 1 aromatic rings. The van der Waals surface area contributed by atoms with Crippen molar-refractivity contribution in [3.63, 3.8) is 0 Å². The van der Waals surface area contributed by atoms with Gasteiger partial charge in [0.1, 0.15) is 11.5 Å². The molecule has 2 rings (SSSR count). The van der Waals surface area contributed by atoms with Crippen molar-refractivity contribution in [2.45, 2.75) is 39.7 Å². The molecule has 2 heterocycles. The van der Waals surface area contributed by atoms with Crippen LogP contribution in [0.4, 0.5) is 0 Å². The fraction of sp³-hybridized carbons (Fsp3) is 0.667. The van der Waals surface area contributed by atoms with Crippen LogP contribution in [0.25, 0.3) is 0 Å². The molecule has 0 radical (unpaired) electrons. The fourth-order valence-corrected chi connectivity index (χ4v) is 2.82. The number of aryl methyl sites for hydroxylation is 2. The summed E-state index contributed by atoms with van der Waals surface area (Å²) in [6.45, 7) is 9.19. The lowest BCUT2D eigenvalue weighted by molar-refractivity contribution is 0.0645. The second kappa shape index (κ2) is 5.78. The van der Waals surface area contributed by atoms with Gasteiger partial charge in [0.05, 0.1) is 5.56 Å². The Morgan fingerprint density at radius 3 is 2.53 bits per heavy atom. The molecule has 1 amide bonds. The van der Waals surface area contributed by atoms with Gasteiger partial charge >= 0.3 is 0 Å². The van der Waals surface area contributed by atoms with Crippen LogP contribution in [0, 0.1) is 13.8 Å².